The zero-order valence-electron chi connectivity index (χ0n) is 61.0. The first-order chi connectivity index (χ1) is 48.3. The second kappa shape index (κ2) is 32.6. The first-order valence-corrected chi connectivity index (χ1v) is 42.6. The van der Waals surface area contributed by atoms with Crippen LogP contribution >= 0.6 is 34.0 Å². The maximum atomic E-state index is 14.1. The molecule has 0 spiro atoms. The Labute approximate surface area is 604 Å². The van der Waals surface area contributed by atoms with Crippen molar-refractivity contribution in [2.75, 3.05) is 33.4 Å². The average molecular weight is 1430 g/mol. The number of carbonyl (C=O) groups is 8. The lowest BCUT2D eigenvalue weighted by molar-refractivity contribution is -0.149. The van der Waals surface area contributed by atoms with Crippen molar-refractivity contribution in [3.8, 4) is 19.5 Å². The van der Waals surface area contributed by atoms with Crippen LogP contribution in [0, 0.1) is 37.5 Å². The van der Waals surface area contributed by atoms with E-state index in [0.717, 1.165) is 149 Å². The van der Waals surface area contributed by atoms with Gasteiger partial charge in [-0.15, -0.1) is 34.0 Å². The third-order valence-corrected chi connectivity index (χ3v) is 31.8. The van der Waals surface area contributed by atoms with Crippen LogP contribution in [-0.2, 0) is 19.1 Å². The first-order valence-electron chi connectivity index (χ1n) is 37.8. The average Bonchev–Trinajstić information content (AvgIpc) is 0.742. The van der Waals surface area contributed by atoms with E-state index < -0.39 is 8.07 Å². The standard InChI is InChI=1S/C45H67NO4S3Si.C38H36N2O6/c1-9-14-22-33(12-4)28-54(29-34(13-5)23-15-10-2)36-26-31(7)51-41(36)42-37(54)27-35(53-42)40-39-38(32(8)52-40)43(47)46(44(39)48)24-20-18-16-17-19-21-25-50-45(49)30(6)11-3;1-4-21(2)38(45)46-20-10-8-6-5-7-9-19-40-36(43)28-17-13-24-22-11-15-26-32-27(35(42)39(3)34(26)41)16-12-23(30(22)32)25-14-18-29(37(40)44)33(28)31(24)25/h26-27,30,33-34H,9-25,28-29H2,1-8H3;11-18,21H,4-10,19-20H2,1-3H3. The molecule has 3 aromatic heterocycles. The number of rotatable bonds is 35. The van der Waals surface area contributed by atoms with Crippen LogP contribution in [0.1, 0.15) is 269 Å². The molecule has 4 atom stereocenters. The quantitative estimate of drug-likeness (QED) is 0.00932. The van der Waals surface area contributed by atoms with Crippen LogP contribution in [0.3, 0.4) is 0 Å². The number of ether oxygens (including phenoxy) is 2. The number of esters is 2. The number of carbonyl (C=O) groups excluding carboxylic acids is 8. The smallest absolute Gasteiger partial charge is 0.308 e. The Morgan fingerprint density at radius 1 is 0.440 bits per heavy atom. The van der Waals surface area contributed by atoms with Crippen molar-refractivity contribution in [3.63, 3.8) is 0 Å². The first kappa shape index (κ1) is 74.3. The summed E-state index contributed by atoms with van der Waals surface area (Å²) in [6, 6.07) is 22.6. The van der Waals surface area contributed by atoms with Gasteiger partial charge in [-0.3, -0.25) is 53.1 Å². The Morgan fingerprint density at radius 2 is 0.840 bits per heavy atom. The second-order valence-electron chi connectivity index (χ2n) is 29.0. The maximum absolute atomic E-state index is 14.1. The van der Waals surface area contributed by atoms with Crippen LogP contribution in [0.5, 0.6) is 0 Å². The van der Waals surface area contributed by atoms with Gasteiger partial charge in [0.25, 0.3) is 35.4 Å². The third kappa shape index (κ3) is 14.3. The van der Waals surface area contributed by atoms with E-state index in [4.69, 9.17) is 9.47 Å². The minimum atomic E-state index is -2.10. The molecule has 0 bridgehead atoms. The van der Waals surface area contributed by atoms with Crippen molar-refractivity contribution in [3.05, 3.63) is 104 Å². The van der Waals surface area contributed by atoms with E-state index in [1.165, 1.54) is 99.8 Å². The van der Waals surface area contributed by atoms with E-state index in [1.807, 2.05) is 93.7 Å². The highest BCUT2D eigenvalue weighted by atomic mass is 32.1. The van der Waals surface area contributed by atoms with Gasteiger partial charge < -0.3 is 9.47 Å². The van der Waals surface area contributed by atoms with Crippen molar-refractivity contribution in [2.45, 2.75) is 223 Å². The van der Waals surface area contributed by atoms with E-state index in [1.54, 1.807) is 33.8 Å². The van der Waals surface area contributed by atoms with Gasteiger partial charge in [-0.05, 0) is 155 Å². The number of hydrogen-bond acceptors (Lipinski definition) is 13. The van der Waals surface area contributed by atoms with E-state index in [0.29, 0.717) is 70.5 Å². The minimum absolute atomic E-state index is 0.0333. The summed E-state index contributed by atoms with van der Waals surface area (Å²) in [5, 5.41) is 9.90. The predicted molar refractivity (Wildman–Crippen MR) is 413 cm³/mol. The van der Waals surface area contributed by atoms with Gasteiger partial charge in [-0.25, -0.2) is 0 Å². The van der Waals surface area contributed by atoms with Crippen molar-refractivity contribution in [1.29, 1.82) is 0 Å². The summed E-state index contributed by atoms with van der Waals surface area (Å²) in [6.45, 7) is 23.3. The van der Waals surface area contributed by atoms with Crippen LogP contribution in [0.2, 0.25) is 12.1 Å². The Bertz CT molecular complexity index is 4270. The summed E-state index contributed by atoms with van der Waals surface area (Å²) in [6.07, 6.45) is 23.0. The van der Waals surface area contributed by atoms with E-state index >= 15 is 0 Å². The van der Waals surface area contributed by atoms with Crippen LogP contribution in [0.4, 0.5) is 0 Å². The molecule has 532 valence electrons. The van der Waals surface area contributed by atoms with E-state index in [-0.39, 0.29) is 59.2 Å². The molecule has 100 heavy (non-hydrogen) atoms. The number of hydrogen-bond donors (Lipinski definition) is 0. The van der Waals surface area contributed by atoms with Gasteiger partial charge in [0.05, 0.1) is 41.1 Å². The zero-order valence-corrected chi connectivity index (χ0v) is 64.5. The van der Waals surface area contributed by atoms with Gasteiger partial charge in [0.15, 0.2) is 0 Å². The fourth-order valence-electron chi connectivity index (χ4n) is 16.1. The summed E-state index contributed by atoms with van der Waals surface area (Å²) >= 11 is 5.55. The molecule has 4 aliphatic heterocycles. The molecule has 6 amide bonds. The van der Waals surface area contributed by atoms with Crippen molar-refractivity contribution < 1.29 is 47.8 Å². The Morgan fingerprint density at radius 3 is 1.28 bits per heavy atom. The molecule has 17 heteroatoms. The summed E-state index contributed by atoms with van der Waals surface area (Å²) in [5.74, 6) is -0.255. The Kier molecular flexibility index (Phi) is 24.2. The number of thiophene rings is 3. The number of amides is 6. The molecular formula is C83H103N3O10S3Si. The highest BCUT2D eigenvalue weighted by Gasteiger charge is 2.51. The Balaban J connectivity index is 0.000000204. The molecular weight excluding hydrogens is 1320 g/mol. The fraction of sp³-hybridized carbons (Fsp3) is 0.518. The number of nitrogens with zero attached hydrogens (tertiary/aromatic N) is 3. The molecule has 5 aromatic carbocycles. The number of fused-ring (bicyclic) bond motifs is 6. The summed E-state index contributed by atoms with van der Waals surface area (Å²) in [7, 11) is -0.602. The van der Waals surface area contributed by atoms with Crippen LogP contribution in [0.15, 0.2) is 60.7 Å². The fourth-order valence-corrected chi connectivity index (χ4v) is 27.7. The van der Waals surface area contributed by atoms with Gasteiger partial charge in [-0.1, -0.05) is 182 Å². The molecule has 0 fully saturated rings. The largest absolute Gasteiger partial charge is 0.465 e. The number of unbranched alkanes of at least 4 members (excludes halogenated alkanes) is 12. The molecule has 0 aliphatic carbocycles. The molecule has 4 aliphatic rings. The van der Waals surface area contributed by atoms with Crippen molar-refractivity contribution >= 4 is 143 Å². The van der Waals surface area contributed by atoms with Crippen molar-refractivity contribution in [1.82, 2.24) is 14.7 Å². The lowest BCUT2D eigenvalue weighted by atomic mass is 9.82. The lowest BCUT2D eigenvalue weighted by Crippen LogP contribution is -2.56. The number of aryl methyl sites for hydroxylation is 2. The van der Waals surface area contributed by atoms with Gasteiger partial charge >= 0.3 is 11.9 Å². The van der Waals surface area contributed by atoms with Gasteiger partial charge in [-0.2, -0.15) is 0 Å². The lowest BCUT2D eigenvalue weighted by Gasteiger charge is -2.35. The summed E-state index contributed by atoms with van der Waals surface area (Å²) in [5.41, 5.74) is 3.33. The summed E-state index contributed by atoms with van der Waals surface area (Å²) in [4.78, 5) is 117. The van der Waals surface area contributed by atoms with Crippen LogP contribution in [-0.4, -0.2) is 104 Å². The minimum Gasteiger partial charge on any atom is -0.465 e. The molecule has 0 saturated carbocycles. The second-order valence-corrected chi connectivity index (χ2v) is 36.6. The monoisotopic (exact) mass is 1430 g/mol. The Hall–Kier alpha value is -6.92. The molecule has 12 rings (SSSR count). The highest BCUT2D eigenvalue weighted by molar-refractivity contribution is 7.32. The van der Waals surface area contributed by atoms with Crippen molar-refractivity contribution in [2.24, 2.45) is 23.7 Å². The zero-order chi connectivity index (χ0) is 71.3. The van der Waals surface area contributed by atoms with E-state index in [9.17, 15) is 38.4 Å². The molecule has 0 saturated heterocycles. The molecule has 8 aromatic rings. The molecule has 13 nitrogen and oxygen atoms in total. The molecule has 0 radical (unpaired) electrons. The molecule has 0 N–H and O–H groups in total. The number of benzene rings is 5. The number of imide groups is 3. The van der Waals surface area contributed by atoms with Crippen LogP contribution in [0.25, 0.3) is 62.6 Å². The SMILES string of the molecule is CCC(C)C(=O)OCCCCCCCCN1C(=O)c2ccc3c4ccc5c6c(ccc(c7ccc(c2c37)C1=O)c64)C(=O)N(C)C5=O.CCCCC(CC)C[Si]1(CC(CC)CCCC)c2cc(C)sc2-c2sc(-c3sc(C)c4c3C(=O)N(CCCCCCCCOC(=O)C(C)CC)C4=O)cc21. The highest BCUT2D eigenvalue weighted by Crippen LogP contribution is 2.51. The third-order valence-electron chi connectivity index (χ3n) is 22.4. The van der Waals surface area contributed by atoms with Crippen LogP contribution < -0.4 is 10.4 Å². The normalized spacial score (nSPS) is 16.7. The van der Waals surface area contributed by atoms with E-state index in [2.05, 4.69) is 46.8 Å². The van der Waals surface area contributed by atoms with Gasteiger partial charge in [0.2, 0.25) is 0 Å². The van der Waals surface area contributed by atoms with Gasteiger partial charge in [0.1, 0.15) is 8.07 Å². The predicted octanol–water partition coefficient (Wildman–Crippen LogP) is 20.1. The van der Waals surface area contributed by atoms with Gasteiger partial charge in [0, 0.05) is 77.5 Å². The molecule has 4 unspecified atom stereocenters. The topological polar surface area (TPSA) is 165 Å². The summed E-state index contributed by atoms with van der Waals surface area (Å²) < 4.78 is 10.7. The molecule has 7 heterocycles. The maximum Gasteiger partial charge on any atom is 0.308 e.